The first-order valence-corrected chi connectivity index (χ1v) is 8.73. The molecule has 108 valence electrons. The maximum atomic E-state index is 12.3. The first kappa shape index (κ1) is 14.0. The highest BCUT2D eigenvalue weighted by atomic mass is 32.2. The highest BCUT2D eigenvalue weighted by Crippen LogP contribution is 2.44. The van der Waals surface area contributed by atoms with Crippen molar-refractivity contribution in [2.24, 2.45) is 11.8 Å². The second kappa shape index (κ2) is 6.21. The largest absolute Gasteiger partial charge is 0.352 e. The number of hydrogen-bond donors (Lipinski definition) is 1. The predicted molar refractivity (Wildman–Crippen MR) is 84.6 cm³/mol. The molecule has 3 rings (SSSR count). The zero-order valence-electron chi connectivity index (χ0n) is 12.0. The van der Waals surface area contributed by atoms with Gasteiger partial charge < -0.3 is 5.32 Å². The van der Waals surface area contributed by atoms with Crippen molar-refractivity contribution < 1.29 is 4.79 Å². The Labute approximate surface area is 125 Å². The van der Waals surface area contributed by atoms with Gasteiger partial charge in [0.05, 0.1) is 5.25 Å². The van der Waals surface area contributed by atoms with Crippen LogP contribution in [0.25, 0.3) is 0 Å². The Kier molecular flexibility index (Phi) is 4.35. The number of carbonyl (C=O) groups is 1. The third kappa shape index (κ3) is 3.20. The Hall–Kier alpha value is -0.960. The van der Waals surface area contributed by atoms with Gasteiger partial charge in [-0.15, -0.1) is 11.8 Å². The molecule has 0 spiro atoms. The van der Waals surface area contributed by atoms with Crippen LogP contribution in [0.2, 0.25) is 0 Å². The lowest BCUT2D eigenvalue weighted by molar-refractivity contribution is -0.121. The first-order valence-electron chi connectivity index (χ1n) is 7.68. The van der Waals surface area contributed by atoms with Crippen molar-refractivity contribution in [2.45, 2.75) is 49.7 Å². The summed E-state index contributed by atoms with van der Waals surface area (Å²) in [4.78, 5) is 12.3. The van der Waals surface area contributed by atoms with Crippen molar-refractivity contribution in [1.29, 1.82) is 0 Å². The van der Waals surface area contributed by atoms with Gasteiger partial charge >= 0.3 is 0 Å². The van der Waals surface area contributed by atoms with Gasteiger partial charge in [-0.05, 0) is 43.6 Å². The summed E-state index contributed by atoms with van der Waals surface area (Å²) in [6.45, 7) is 2.02. The monoisotopic (exact) mass is 289 g/mol. The van der Waals surface area contributed by atoms with E-state index in [0.717, 1.165) is 17.6 Å². The Balaban J connectivity index is 1.45. The predicted octanol–water partition coefficient (Wildman–Crippen LogP) is 3.61. The summed E-state index contributed by atoms with van der Waals surface area (Å²) in [6, 6.07) is 10.8. The summed E-state index contributed by atoms with van der Waals surface area (Å²) in [5, 5.41) is 3.32. The zero-order valence-corrected chi connectivity index (χ0v) is 12.9. The lowest BCUT2D eigenvalue weighted by Crippen LogP contribution is -2.42. The molecule has 0 unspecified atom stereocenters. The van der Waals surface area contributed by atoms with Crippen LogP contribution < -0.4 is 5.32 Å². The van der Waals surface area contributed by atoms with Crippen molar-refractivity contribution in [1.82, 2.24) is 5.32 Å². The molecular formula is C17H23NOS. The van der Waals surface area contributed by atoms with E-state index in [-0.39, 0.29) is 11.2 Å². The molecule has 2 aliphatic rings. The Morgan fingerprint density at radius 3 is 2.75 bits per heavy atom. The number of nitrogens with one attached hydrogen (secondary N) is 1. The van der Waals surface area contributed by atoms with Gasteiger partial charge in [-0.2, -0.15) is 0 Å². The second-order valence-electron chi connectivity index (χ2n) is 6.23. The van der Waals surface area contributed by atoms with Gasteiger partial charge in [0.2, 0.25) is 5.91 Å². The summed E-state index contributed by atoms with van der Waals surface area (Å²) in [5.74, 6) is 2.78. The number of thioether (sulfide) groups is 1. The fraction of sp³-hybridized carbons (Fsp3) is 0.588. The van der Waals surface area contributed by atoms with Crippen LogP contribution in [-0.4, -0.2) is 17.2 Å². The number of benzene rings is 1. The van der Waals surface area contributed by atoms with E-state index in [4.69, 9.17) is 0 Å². The van der Waals surface area contributed by atoms with E-state index >= 15 is 0 Å². The standard InChI is InChI=1S/C17H23NOS/c1-12(20-11-13-5-3-2-4-6-13)17(19)18-16-10-14-7-8-15(16)9-14/h2-6,12,14-16H,7-11H2,1H3,(H,18,19)/t12-,14+,15+,16+/m1/s1. The third-order valence-electron chi connectivity index (χ3n) is 4.78. The quantitative estimate of drug-likeness (QED) is 0.897. The maximum Gasteiger partial charge on any atom is 0.233 e. The Morgan fingerprint density at radius 1 is 1.30 bits per heavy atom. The minimum Gasteiger partial charge on any atom is -0.352 e. The molecule has 1 amide bonds. The van der Waals surface area contributed by atoms with Crippen LogP contribution >= 0.6 is 11.8 Å². The van der Waals surface area contributed by atoms with Gasteiger partial charge in [-0.25, -0.2) is 0 Å². The molecular weight excluding hydrogens is 266 g/mol. The van der Waals surface area contributed by atoms with E-state index in [1.165, 1.54) is 31.2 Å². The Morgan fingerprint density at radius 2 is 2.10 bits per heavy atom. The molecule has 3 heteroatoms. The van der Waals surface area contributed by atoms with Crippen molar-refractivity contribution in [3.05, 3.63) is 35.9 Å². The fourth-order valence-electron chi connectivity index (χ4n) is 3.59. The van der Waals surface area contributed by atoms with E-state index in [0.29, 0.717) is 6.04 Å². The molecule has 2 nitrogen and oxygen atoms in total. The van der Waals surface area contributed by atoms with Gasteiger partial charge in [0.15, 0.2) is 0 Å². The summed E-state index contributed by atoms with van der Waals surface area (Å²) in [7, 11) is 0. The van der Waals surface area contributed by atoms with Crippen LogP contribution in [0.4, 0.5) is 0 Å². The van der Waals surface area contributed by atoms with Crippen LogP contribution in [0.3, 0.4) is 0 Å². The molecule has 0 heterocycles. The summed E-state index contributed by atoms with van der Waals surface area (Å²) in [5.41, 5.74) is 1.29. The van der Waals surface area contributed by atoms with Crippen molar-refractivity contribution >= 4 is 17.7 Å². The topological polar surface area (TPSA) is 29.1 Å². The van der Waals surface area contributed by atoms with Crippen LogP contribution in [0.5, 0.6) is 0 Å². The molecule has 0 aliphatic heterocycles. The number of amides is 1. The molecule has 20 heavy (non-hydrogen) atoms. The van der Waals surface area contributed by atoms with Crippen LogP contribution in [0.15, 0.2) is 30.3 Å². The summed E-state index contributed by atoms with van der Waals surface area (Å²) in [6.07, 6.45) is 5.26. The van der Waals surface area contributed by atoms with Gasteiger partial charge in [0.25, 0.3) is 0 Å². The van der Waals surface area contributed by atoms with Crippen LogP contribution in [-0.2, 0) is 10.5 Å². The molecule has 0 radical (unpaired) electrons. The lowest BCUT2D eigenvalue weighted by Gasteiger charge is -2.24. The average Bonchev–Trinajstić information content (AvgIpc) is 3.08. The molecule has 2 saturated carbocycles. The van der Waals surface area contributed by atoms with Crippen molar-refractivity contribution in [2.75, 3.05) is 0 Å². The minimum absolute atomic E-state index is 0.0364. The summed E-state index contributed by atoms with van der Waals surface area (Å²) >= 11 is 1.73. The molecule has 4 atom stereocenters. The van der Waals surface area contributed by atoms with E-state index in [9.17, 15) is 4.79 Å². The number of fused-ring (bicyclic) bond motifs is 2. The van der Waals surface area contributed by atoms with E-state index in [2.05, 4.69) is 29.6 Å². The van der Waals surface area contributed by atoms with E-state index < -0.39 is 0 Å². The van der Waals surface area contributed by atoms with Crippen LogP contribution in [0.1, 0.15) is 38.2 Å². The zero-order chi connectivity index (χ0) is 13.9. The van der Waals surface area contributed by atoms with Crippen molar-refractivity contribution in [3.8, 4) is 0 Å². The highest BCUT2D eigenvalue weighted by Gasteiger charge is 2.40. The molecule has 1 N–H and O–H groups in total. The van der Waals surface area contributed by atoms with E-state index in [1.54, 1.807) is 11.8 Å². The third-order valence-corrected chi connectivity index (χ3v) is 5.99. The summed E-state index contributed by atoms with van der Waals surface area (Å²) < 4.78 is 0. The second-order valence-corrected chi connectivity index (χ2v) is 7.56. The van der Waals surface area contributed by atoms with Gasteiger partial charge in [-0.1, -0.05) is 36.8 Å². The number of rotatable bonds is 5. The highest BCUT2D eigenvalue weighted by molar-refractivity contribution is 7.99. The maximum absolute atomic E-state index is 12.3. The molecule has 2 bridgehead atoms. The Bertz CT molecular complexity index is 461. The molecule has 0 aromatic heterocycles. The van der Waals surface area contributed by atoms with Gasteiger partial charge in [0.1, 0.15) is 0 Å². The van der Waals surface area contributed by atoms with Crippen molar-refractivity contribution in [3.63, 3.8) is 0 Å². The molecule has 2 fully saturated rings. The molecule has 0 saturated heterocycles. The molecule has 1 aromatic carbocycles. The normalized spacial score (nSPS) is 29.4. The smallest absolute Gasteiger partial charge is 0.233 e. The van der Waals surface area contributed by atoms with E-state index in [1.807, 2.05) is 13.0 Å². The number of hydrogen-bond acceptors (Lipinski definition) is 2. The SMILES string of the molecule is C[C@@H](SCc1ccccc1)C(=O)N[C@H]1C[C@H]2CC[C@H]1C2. The average molecular weight is 289 g/mol. The minimum atomic E-state index is 0.0364. The molecule has 1 aromatic rings. The fourth-order valence-corrected chi connectivity index (χ4v) is 4.45. The lowest BCUT2D eigenvalue weighted by atomic mass is 9.95. The first-order chi connectivity index (χ1) is 9.72. The van der Waals surface area contributed by atoms with Gasteiger partial charge in [0, 0.05) is 11.8 Å². The van der Waals surface area contributed by atoms with Crippen LogP contribution in [0, 0.1) is 11.8 Å². The van der Waals surface area contributed by atoms with Gasteiger partial charge in [-0.3, -0.25) is 4.79 Å². The number of carbonyl (C=O) groups excluding carboxylic acids is 1. The molecule has 2 aliphatic carbocycles.